The Morgan fingerprint density at radius 1 is 0.895 bits per heavy atom. The topological polar surface area (TPSA) is 6.48 Å². The van der Waals surface area contributed by atoms with Gasteiger partial charge in [0.15, 0.2) is 0 Å². The highest BCUT2D eigenvalue weighted by atomic mass is 15.3. The van der Waals surface area contributed by atoms with Crippen LogP contribution in [0, 0.1) is 6.67 Å². The molecule has 0 aromatic heterocycles. The molecule has 0 fully saturated rings. The number of nitrogens with zero attached hydrogens (tertiary/aromatic N) is 2. The fourth-order valence-corrected chi connectivity index (χ4v) is 2.25. The lowest BCUT2D eigenvalue weighted by molar-refractivity contribution is 0.385. The van der Waals surface area contributed by atoms with E-state index in [1.165, 1.54) is 16.8 Å². The van der Waals surface area contributed by atoms with E-state index >= 15 is 0 Å². The van der Waals surface area contributed by atoms with Crippen LogP contribution in [0.15, 0.2) is 66.9 Å². The third-order valence-electron chi connectivity index (χ3n) is 3.14. The number of hydrogen-bond acceptors (Lipinski definition) is 2. The molecule has 2 nitrogen and oxygen atoms in total. The lowest BCUT2D eigenvalue weighted by Crippen LogP contribution is -2.18. The minimum absolute atomic E-state index is 0.839. The molecule has 0 saturated carbocycles. The quantitative estimate of drug-likeness (QED) is 0.821. The van der Waals surface area contributed by atoms with Gasteiger partial charge in [-0.15, -0.1) is 0 Å². The third kappa shape index (κ3) is 2.63. The molecule has 0 atom stereocenters. The van der Waals surface area contributed by atoms with Gasteiger partial charge in [0.25, 0.3) is 0 Å². The van der Waals surface area contributed by atoms with Crippen molar-refractivity contribution in [2.24, 2.45) is 0 Å². The highest BCUT2D eigenvalue weighted by Crippen LogP contribution is 2.28. The van der Waals surface area contributed by atoms with Crippen molar-refractivity contribution in [3.05, 3.63) is 84.7 Å². The van der Waals surface area contributed by atoms with E-state index in [1.54, 1.807) is 0 Å². The first kappa shape index (κ1) is 11.8. The van der Waals surface area contributed by atoms with Crippen LogP contribution < -0.4 is 0 Å². The van der Waals surface area contributed by atoms with E-state index in [9.17, 15) is 0 Å². The van der Waals surface area contributed by atoms with E-state index in [0.717, 1.165) is 6.54 Å². The molecule has 0 amide bonds. The molecule has 1 aliphatic rings. The van der Waals surface area contributed by atoms with Crippen LogP contribution in [0.1, 0.15) is 11.1 Å². The zero-order valence-electron chi connectivity index (χ0n) is 11.0. The first-order chi connectivity index (χ1) is 9.33. The maximum absolute atomic E-state index is 3.32. The minimum atomic E-state index is 0.839. The summed E-state index contributed by atoms with van der Waals surface area (Å²) in [5.74, 6) is 0. The number of rotatable bonds is 3. The highest BCUT2D eigenvalue weighted by molar-refractivity contribution is 5.66. The fraction of sp³-hybridized carbons (Fsp3) is 0.118. The Labute approximate surface area is 114 Å². The van der Waals surface area contributed by atoms with E-state index < -0.39 is 0 Å². The molecule has 19 heavy (non-hydrogen) atoms. The standard InChI is InChI=1S/C17H16N2/c1-18-13-17(16-10-6-3-7-11-16)19(14-18)12-15-8-4-2-5-9-15/h2-11,13H,12H2,1H3. The van der Waals surface area contributed by atoms with Gasteiger partial charge < -0.3 is 9.80 Å². The lowest BCUT2D eigenvalue weighted by atomic mass is 10.1. The van der Waals surface area contributed by atoms with Gasteiger partial charge in [0.05, 0.1) is 5.70 Å². The zero-order valence-corrected chi connectivity index (χ0v) is 11.0. The second-order valence-corrected chi connectivity index (χ2v) is 4.66. The van der Waals surface area contributed by atoms with Crippen LogP contribution in [0.2, 0.25) is 0 Å². The molecule has 2 aromatic rings. The summed E-state index contributed by atoms with van der Waals surface area (Å²) in [5, 5.41) is 0. The average Bonchev–Trinajstić information content (AvgIpc) is 2.82. The van der Waals surface area contributed by atoms with Gasteiger partial charge >= 0.3 is 0 Å². The van der Waals surface area contributed by atoms with Gasteiger partial charge in [-0.05, 0) is 11.1 Å². The van der Waals surface area contributed by atoms with Crippen molar-refractivity contribution in [3.8, 4) is 0 Å². The van der Waals surface area contributed by atoms with Crippen LogP contribution in [0.25, 0.3) is 5.70 Å². The summed E-state index contributed by atoms with van der Waals surface area (Å²) in [6.07, 6.45) is 2.11. The van der Waals surface area contributed by atoms with Crippen molar-refractivity contribution in [2.45, 2.75) is 6.54 Å². The first-order valence-electron chi connectivity index (χ1n) is 6.41. The molecule has 0 aliphatic carbocycles. The molecular formula is C17H16N2. The summed E-state index contributed by atoms with van der Waals surface area (Å²) in [7, 11) is 2.01. The zero-order chi connectivity index (χ0) is 13.1. The van der Waals surface area contributed by atoms with Crippen molar-refractivity contribution < 1.29 is 0 Å². The van der Waals surface area contributed by atoms with Crippen LogP contribution in [-0.4, -0.2) is 16.8 Å². The van der Waals surface area contributed by atoms with Crippen molar-refractivity contribution in [1.29, 1.82) is 0 Å². The smallest absolute Gasteiger partial charge is 0.208 e. The van der Waals surface area contributed by atoms with Gasteiger partial charge in [-0.25, -0.2) is 0 Å². The minimum Gasteiger partial charge on any atom is -0.349 e. The third-order valence-corrected chi connectivity index (χ3v) is 3.14. The summed E-state index contributed by atoms with van der Waals surface area (Å²) >= 11 is 0. The Hall–Kier alpha value is -2.22. The van der Waals surface area contributed by atoms with Crippen LogP contribution in [-0.2, 0) is 6.54 Å². The Bertz CT molecular complexity index is 560. The number of hydrogen-bond donors (Lipinski definition) is 0. The SMILES string of the molecule is CN1[C]N(Cc2ccccc2)C(c2ccccc2)=C1. The maximum atomic E-state index is 3.32. The molecule has 94 valence electrons. The first-order valence-corrected chi connectivity index (χ1v) is 6.41. The van der Waals surface area contributed by atoms with Crippen LogP contribution >= 0.6 is 0 Å². The molecule has 0 unspecified atom stereocenters. The van der Waals surface area contributed by atoms with Crippen molar-refractivity contribution >= 4 is 5.70 Å². The molecule has 1 heterocycles. The molecule has 2 heteroatoms. The van der Waals surface area contributed by atoms with Gasteiger partial charge in [-0.2, -0.15) is 0 Å². The summed E-state index contributed by atoms with van der Waals surface area (Å²) in [6.45, 7) is 4.16. The fourth-order valence-electron chi connectivity index (χ4n) is 2.25. The molecule has 0 N–H and O–H groups in total. The van der Waals surface area contributed by atoms with E-state index in [4.69, 9.17) is 0 Å². The lowest BCUT2D eigenvalue weighted by Gasteiger charge is -2.21. The van der Waals surface area contributed by atoms with Crippen LogP contribution in [0.4, 0.5) is 0 Å². The molecule has 0 saturated heterocycles. The molecule has 0 spiro atoms. The van der Waals surface area contributed by atoms with E-state index in [1.807, 2.05) is 24.1 Å². The van der Waals surface area contributed by atoms with E-state index in [2.05, 4.69) is 66.3 Å². The molecule has 2 aromatic carbocycles. The molecular weight excluding hydrogens is 232 g/mol. The normalized spacial score (nSPS) is 14.7. The monoisotopic (exact) mass is 248 g/mol. The molecule has 2 radical (unpaired) electrons. The maximum Gasteiger partial charge on any atom is 0.208 e. The summed E-state index contributed by atoms with van der Waals surface area (Å²) in [4.78, 5) is 4.13. The van der Waals surface area contributed by atoms with E-state index in [-0.39, 0.29) is 0 Å². The summed E-state index contributed by atoms with van der Waals surface area (Å²) in [6, 6.07) is 20.9. The predicted octanol–water partition coefficient (Wildman–Crippen LogP) is 3.43. The van der Waals surface area contributed by atoms with Gasteiger partial charge in [0.2, 0.25) is 6.67 Å². The Morgan fingerprint density at radius 3 is 2.21 bits per heavy atom. The summed E-state index contributed by atoms with van der Waals surface area (Å²) < 4.78 is 0. The number of benzene rings is 2. The largest absolute Gasteiger partial charge is 0.349 e. The second-order valence-electron chi connectivity index (χ2n) is 4.66. The Morgan fingerprint density at radius 2 is 1.53 bits per heavy atom. The van der Waals surface area contributed by atoms with Crippen LogP contribution in [0.3, 0.4) is 0 Å². The van der Waals surface area contributed by atoms with Crippen molar-refractivity contribution in [1.82, 2.24) is 9.80 Å². The van der Waals surface area contributed by atoms with Crippen molar-refractivity contribution in [3.63, 3.8) is 0 Å². The van der Waals surface area contributed by atoms with Crippen LogP contribution in [0.5, 0.6) is 0 Å². The van der Waals surface area contributed by atoms with Gasteiger partial charge in [-0.3, -0.25) is 0 Å². The van der Waals surface area contributed by atoms with Gasteiger partial charge in [0.1, 0.15) is 0 Å². The van der Waals surface area contributed by atoms with Crippen molar-refractivity contribution in [2.75, 3.05) is 7.05 Å². The second kappa shape index (κ2) is 5.19. The highest BCUT2D eigenvalue weighted by Gasteiger charge is 2.21. The predicted molar refractivity (Wildman–Crippen MR) is 77.4 cm³/mol. The van der Waals surface area contributed by atoms with Gasteiger partial charge in [-0.1, -0.05) is 60.7 Å². The molecule has 1 aliphatic heterocycles. The Balaban J connectivity index is 1.84. The Kier molecular flexibility index (Phi) is 3.23. The molecule has 0 bridgehead atoms. The van der Waals surface area contributed by atoms with Gasteiger partial charge in [0, 0.05) is 19.8 Å². The summed E-state index contributed by atoms with van der Waals surface area (Å²) in [5.41, 5.74) is 3.69. The average molecular weight is 248 g/mol. The molecule has 3 rings (SSSR count). The van der Waals surface area contributed by atoms with E-state index in [0.29, 0.717) is 0 Å².